The molecule has 1 spiro atoms. The molecule has 3 heteroatoms. The predicted octanol–water partition coefficient (Wildman–Crippen LogP) is 8.47. The lowest BCUT2D eigenvalue weighted by atomic mass is 9.69. The van der Waals surface area contributed by atoms with Gasteiger partial charge in [0, 0.05) is 17.9 Å². The second-order valence-corrected chi connectivity index (χ2v) is 14.0. The molecule has 0 bridgehead atoms. The first-order chi connectivity index (χ1) is 17.6. The van der Waals surface area contributed by atoms with Crippen molar-refractivity contribution in [2.75, 3.05) is 7.11 Å². The fraction of sp³-hybridized carbons (Fsp3) is 0.647. The molecule has 2 fully saturated rings. The van der Waals surface area contributed by atoms with Crippen molar-refractivity contribution in [3.05, 3.63) is 57.6 Å². The van der Waals surface area contributed by atoms with E-state index in [4.69, 9.17) is 4.74 Å². The van der Waals surface area contributed by atoms with Crippen LogP contribution in [0.25, 0.3) is 0 Å². The Bertz CT molecular complexity index is 1180. The first kappa shape index (κ1) is 25.3. The highest BCUT2D eigenvalue weighted by molar-refractivity contribution is 5.66. The highest BCUT2D eigenvalue weighted by Gasteiger charge is 2.63. The summed E-state index contributed by atoms with van der Waals surface area (Å²) in [6, 6.07) is 8.88. The number of benzene rings is 2. The smallest absolute Gasteiger partial charge is 0.119 e. The van der Waals surface area contributed by atoms with Crippen molar-refractivity contribution in [3.8, 4) is 11.5 Å². The average molecular weight is 503 g/mol. The molecule has 0 heterocycles. The van der Waals surface area contributed by atoms with E-state index in [1.165, 1.54) is 86.5 Å². The van der Waals surface area contributed by atoms with Gasteiger partial charge in [-0.1, -0.05) is 78.4 Å². The third-order valence-corrected chi connectivity index (χ3v) is 10.9. The lowest BCUT2D eigenvalue weighted by Gasteiger charge is -2.39. The summed E-state index contributed by atoms with van der Waals surface area (Å²) in [7, 11) is 1.85. The molecule has 200 valence electrons. The van der Waals surface area contributed by atoms with E-state index in [1.54, 1.807) is 0 Å². The Hall–Kier alpha value is -2.00. The topological polar surface area (TPSA) is 49.7 Å². The molecule has 0 radical (unpaired) electrons. The van der Waals surface area contributed by atoms with Crippen LogP contribution < -0.4 is 0 Å². The van der Waals surface area contributed by atoms with Crippen LogP contribution >= 0.6 is 0 Å². The molecule has 0 aliphatic heterocycles. The van der Waals surface area contributed by atoms with Crippen LogP contribution in [0.4, 0.5) is 0 Å². The van der Waals surface area contributed by atoms with Crippen molar-refractivity contribution < 1.29 is 14.9 Å². The van der Waals surface area contributed by atoms with Crippen LogP contribution in [-0.2, 0) is 21.0 Å². The molecule has 2 unspecified atom stereocenters. The van der Waals surface area contributed by atoms with Crippen molar-refractivity contribution in [1.82, 2.24) is 0 Å². The molecule has 2 saturated carbocycles. The highest BCUT2D eigenvalue weighted by atomic mass is 16.5. The van der Waals surface area contributed by atoms with Gasteiger partial charge in [-0.2, -0.15) is 0 Å². The first-order valence-corrected chi connectivity index (χ1v) is 14.9. The molecule has 2 N–H and O–H groups in total. The van der Waals surface area contributed by atoms with Gasteiger partial charge in [0.25, 0.3) is 0 Å². The number of hydrogen-bond acceptors (Lipinski definition) is 3. The molecular formula is C34H46O3. The largest absolute Gasteiger partial charge is 0.508 e. The average Bonchev–Trinajstić information content (AvgIpc) is 3.21. The Labute approximate surface area is 223 Å². The van der Waals surface area contributed by atoms with E-state index < -0.39 is 5.41 Å². The van der Waals surface area contributed by atoms with Gasteiger partial charge in [-0.05, 0) is 94.9 Å². The molecule has 3 nitrogen and oxygen atoms in total. The van der Waals surface area contributed by atoms with Crippen LogP contribution in [0.1, 0.15) is 144 Å². The highest BCUT2D eigenvalue weighted by Crippen LogP contribution is 2.65. The monoisotopic (exact) mass is 502 g/mol. The Morgan fingerprint density at radius 1 is 0.649 bits per heavy atom. The van der Waals surface area contributed by atoms with Gasteiger partial charge in [0.2, 0.25) is 0 Å². The van der Waals surface area contributed by atoms with Gasteiger partial charge in [0.15, 0.2) is 0 Å². The zero-order chi connectivity index (χ0) is 26.2. The molecule has 2 atom stereocenters. The summed E-state index contributed by atoms with van der Waals surface area (Å²) < 4.78 is 6.45. The van der Waals surface area contributed by atoms with E-state index in [2.05, 4.69) is 52.0 Å². The Morgan fingerprint density at radius 3 is 1.59 bits per heavy atom. The molecule has 0 saturated heterocycles. The normalized spacial score (nSPS) is 28.9. The maximum Gasteiger partial charge on any atom is 0.119 e. The SMILES string of the molecule is COC1C(C)(C)c2cc(C3CCCCC3)c(O)cc2C12CC(C)(C)c1cc(C3CCCCC3)c(O)cc12. The van der Waals surface area contributed by atoms with Crippen LogP contribution in [0.5, 0.6) is 11.5 Å². The van der Waals surface area contributed by atoms with E-state index in [0.29, 0.717) is 23.3 Å². The van der Waals surface area contributed by atoms with Crippen molar-refractivity contribution >= 4 is 0 Å². The van der Waals surface area contributed by atoms with Gasteiger partial charge in [-0.15, -0.1) is 0 Å². The molecule has 2 aromatic rings. The molecule has 0 amide bonds. The van der Waals surface area contributed by atoms with E-state index in [-0.39, 0.29) is 16.9 Å². The number of hydrogen-bond donors (Lipinski definition) is 2. The maximum atomic E-state index is 11.5. The van der Waals surface area contributed by atoms with Crippen LogP contribution in [-0.4, -0.2) is 23.4 Å². The number of fused-ring (bicyclic) bond motifs is 4. The molecular weight excluding hydrogens is 456 g/mol. The summed E-state index contributed by atoms with van der Waals surface area (Å²) in [4.78, 5) is 0. The predicted molar refractivity (Wildman–Crippen MR) is 150 cm³/mol. The maximum absolute atomic E-state index is 11.5. The Kier molecular flexibility index (Phi) is 5.99. The quantitative estimate of drug-likeness (QED) is 0.442. The van der Waals surface area contributed by atoms with E-state index in [0.717, 1.165) is 17.5 Å². The molecule has 37 heavy (non-hydrogen) atoms. The van der Waals surface area contributed by atoms with E-state index >= 15 is 0 Å². The zero-order valence-electron chi connectivity index (χ0n) is 23.6. The van der Waals surface area contributed by atoms with Gasteiger partial charge in [0.1, 0.15) is 11.5 Å². The number of methoxy groups -OCH3 is 1. The van der Waals surface area contributed by atoms with E-state index in [1.807, 2.05) is 7.11 Å². The minimum absolute atomic E-state index is 0.0570. The van der Waals surface area contributed by atoms with Gasteiger partial charge in [-0.3, -0.25) is 0 Å². The fourth-order valence-corrected chi connectivity index (χ4v) is 9.28. The number of phenols is 2. The lowest BCUT2D eigenvalue weighted by Crippen LogP contribution is -2.45. The van der Waals surface area contributed by atoms with Gasteiger partial charge < -0.3 is 14.9 Å². The minimum Gasteiger partial charge on any atom is -0.508 e. The third kappa shape index (κ3) is 3.63. The van der Waals surface area contributed by atoms with Gasteiger partial charge in [0.05, 0.1) is 6.10 Å². The first-order valence-electron chi connectivity index (χ1n) is 14.9. The Balaban J connectivity index is 1.55. The minimum atomic E-state index is -0.391. The van der Waals surface area contributed by atoms with Crippen LogP contribution in [0.2, 0.25) is 0 Å². The second-order valence-electron chi connectivity index (χ2n) is 14.0. The number of rotatable bonds is 3. The zero-order valence-corrected chi connectivity index (χ0v) is 23.6. The van der Waals surface area contributed by atoms with Gasteiger partial charge in [-0.25, -0.2) is 0 Å². The number of aromatic hydroxyl groups is 2. The van der Waals surface area contributed by atoms with Crippen molar-refractivity contribution in [2.24, 2.45) is 0 Å². The third-order valence-electron chi connectivity index (χ3n) is 10.9. The summed E-state index contributed by atoms with van der Waals surface area (Å²) in [5.74, 6) is 1.81. The number of ether oxygens (including phenoxy) is 1. The van der Waals surface area contributed by atoms with Gasteiger partial charge >= 0.3 is 0 Å². The lowest BCUT2D eigenvalue weighted by molar-refractivity contribution is 0.00828. The summed E-state index contributed by atoms with van der Waals surface area (Å²) >= 11 is 0. The molecule has 2 aromatic carbocycles. The summed E-state index contributed by atoms with van der Waals surface area (Å²) in [6.45, 7) is 9.35. The molecule has 0 aromatic heterocycles. The van der Waals surface area contributed by atoms with E-state index in [9.17, 15) is 10.2 Å². The van der Waals surface area contributed by atoms with Crippen LogP contribution in [0, 0.1) is 0 Å². The second kappa shape index (κ2) is 8.76. The standard InChI is InChI=1S/C34H46O3/c1-32(2)20-34(27-18-29(35)23(16-25(27)32)21-12-8-6-9-13-21)28-19-30(36)24(22-14-10-7-11-15-22)17-26(28)33(3,4)31(34)37-5/h16-19,21-22,31,35-36H,6-15,20H2,1-5H3. The molecule has 4 aliphatic rings. The fourth-order valence-electron chi connectivity index (χ4n) is 9.28. The summed E-state index contributed by atoms with van der Waals surface area (Å²) in [5, 5.41) is 22.9. The summed E-state index contributed by atoms with van der Waals surface area (Å²) in [6.07, 6.45) is 13.1. The van der Waals surface area contributed by atoms with Crippen molar-refractivity contribution in [3.63, 3.8) is 0 Å². The van der Waals surface area contributed by atoms with Crippen LogP contribution in [0.15, 0.2) is 24.3 Å². The molecule has 4 aliphatic carbocycles. The number of phenolic OH excluding ortho intramolecular Hbond substituents is 2. The van der Waals surface area contributed by atoms with Crippen molar-refractivity contribution in [2.45, 2.75) is 133 Å². The molecule has 6 rings (SSSR count). The summed E-state index contributed by atoms with van der Waals surface area (Å²) in [5.41, 5.74) is 6.70. The van der Waals surface area contributed by atoms with Crippen molar-refractivity contribution in [1.29, 1.82) is 0 Å². The van der Waals surface area contributed by atoms with Crippen LogP contribution in [0.3, 0.4) is 0 Å². The Morgan fingerprint density at radius 2 is 1.11 bits per heavy atom.